The van der Waals surface area contributed by atoms with Gasteiger partial charge in [-0.15, -0.1) is 0 Å². The van der Waals surface area contributed by atoms with Gasteiger partial charge in [0.25, 0.3) is 0 Å². The zero-order valence-corrected chi connectivity index (χ0v) is 15.9. The maximum absolute atomic E-state index is 13.7. The van der Waals surface area contributed by atoms with Crippen LogP contribution in [0.2, 0.25) is 0 Å². The third-order valence-corrected chi connectivity index (χ3v) is 5.91. The van der Waals surface area contributed by atoms with E-state index in [0.29, 0.717) is 6.04 Å². The fourth-order valence-electron chi connectivity index (χ4n) is 4.51. The zero-order chi connectivity index (χ0) is 18.9. The van der Waals surface area contributed by atoms with Gasteiger partial charge >= 0.3 is 0 Å². The molecule has 146 valence electrons. The zero-order valence-electron chi connectivity index (χ0n) is 15.9. The van der Waals surface area contributed by atoms with Gasteiger partial charge in [-0.2, -0.15) is 0 Å². The second-order valence-electron chi connectivity index (χ2n) is 7.61. The molecule has 5 nitrogen and oxygen atoms in total. The molecule has 0 unspecified atom stereocenters. The largest absolute Gasteiger partial charge is 0.378 e. The van der Waals surface area contributed by atoms with E-state index in [1.54, 1.807) is 12.1 Å². The number of hydrogen-bond donors (Lipinski definition) is 0. The van der Waals surface area contributed by atoms with Crippen LogP contribution in [0.25, 0.3) is 11.0 Å². The first-order chi connectivity index (χ1) is 13.8. The highest BCUT2D eigenvalue weighted by Crippen LogP contribution is 2.32. The molecule has 0 bridgehead atoms. The minimum absolute atomic E-state index is 0.178. The summed E-state index contributed by atoms with van der Waals surface area (Å²) in [6.07, 6.45) is 6.28. The minimum atomic E-state index is -0.178. The molecule has 0 amide bonds. The van der Waals surface area contributed by atoms with E-state index >= 15 is 0 Å². The summed E-state index contributed by atoms with van der Waals surface area (Å²) in [6.45, 7) is 5.22. The van der Waals surface area contributed by atoms with Crippen molar-refractivity contribution < 1.29 is 9.13 Å². The van der Waals surface area contributed by atoms with Gasteiger partial charge in [-0.05, 0) is 43.2 Å². The molecule has 2 fully saturated rings. The molecule has 0 N–H and O–H groups in total. The lowest BCUT2D eigenvalue weighted by atomic mass is 10.0. The average molecular weight is 380 g/mol. The third kappa shape index (κ3) is 3.22. The van der Waals surface area contributed by atoms with Crippen molar-refractivity contribution in [3.05, 3.63) is 54.6 Å². The van der Waals surface area contributed by atoms with Crippen LogP contribution in [0.3, 0.4) is 0 Å². The van der Waals surface area contributed by atoms with Crippen LogP contribution in [-0.2, 0) is 4.74 Å². The molecular formula is C22H25FN4O. The smallest absolute Gasteiger partial charge is 0.142 e. The number of hydrogen-bond acceptors (Lipinski definition) is 4. The minimum Gasteiger partial charge on any atom is -0.378 e. The SMILES string of the molecule is Fc1cccc(N2CCC[C@@H](n3ccc4c(N5CCOCC5)ccnc43)C2)c1. The highest BCUT2D eigenvalue weighted by Gasteiger charge is 2.24. The highest BCUT2D eigenvalue weighted by molar-refractivity contribution is 5.90. The Hall–Kier alpha value is -2.60. The average Bonchev–Trinajstić information content (AvgIpc) is 3.19. The molecule has 0 radical (unpaired) electrons. The third-order valence-electron chi connectivity index (χ3n) is 5.91. The van der Waals surface area contributed by atoms with Gasteiger partial charge in [-0.1, -0.05) is 6.07 Å². The van der Waals surface area contributed by atoms with Gasteiger partial charge in [0.1, 0.15) is 11.5 Å². The predicted octanol–water partition coefficient (Wildman–Crippen LogP) is 3.85. The first kappa shape index (κ1) is 17.5. The summed E-state index contributed by atoms with van der Waals surface area (Å²) < 4.78 is 21.5. The predicted molar refractivity (Wildman–Crippen MR) is 110 cm³/mol. The molecule has 0 aliphatic carbocycles. The number of anilines is 2. The second-order valence-corrected chi connectivity index (χ2v) is 7.61. The number of aromatic nitrogens is 2. The van der Waals surface area contributed by atoms with Crippen molar-refractivity contribution in [2.24, 2.45) is 0 Å². The van der Waals surface area contributed by atoms with Crippen LogP contribution in [0.1, 0.15) is 18.9 Å². The van der Waals surface area contributed by atoms with E-state index in [2.05, 4.69) is 32.7 Å². The van der Waals surface area contributed by atoms with Crippen molar-refractivity contribution in [3.63, 3.8) is 0 Å². The Kier molecular flexibility index (Phi) is 4.64. The molecule has 2 aliphatic heterocycles. The first-order valence-corrected chi connectivity index (χ1v) is 10.1. The number of pyridine rings is 1. The Bertz CT molecular complexity index is 966. The fraction of sp³-hybridized carbons (Fsp3) is 0.409. The van der Waals surface area contributed by atoms with Crippen LogP contribution in [-0.4, -0.2) is 48.9 Å². The quantitative estimate of drug-likeness (QED) is 0.691. The molecule has 0 saturated carbocycles. The summed E-state index contributed by atoms with van der Waals surface area (Å²) >= 11 is 0. The fourth-order valence-corrected chi connectivity index (χ4v) is 4.51. The molecule has 2 aliphatic rings. The van der Waals surface area contributed by atoms with E-state index in [4.69, 9.17) is 9.72 Å². The van der Waals surface area contributed by atoms with Gasteiger partial charge in [-0.25, -0.2) is 9.37 Å². The van der Waals surface area contributed by atoms with Gasteiger partial charge in [0, 0.05) is 55.3 Å². The topological polar surface area (TPSA) is 33.5 Å². The van der Waals surface area contributed by atoms with Gasteiger partial charge < -0.3 is 19.1 Å². The Morgan fingerprint density at radius 1 is 1.04 bits per heavy atom. The number of benzene rings is 1. The molecule has 28 heavy (non-hydrogen) atoms. The van der Waals surface area contributed by atoms with Crippen LogP contribution in [0, 0.1) is 5.82 Å². The summed E-state index contributed by atoms with van der Waals surface area (Å²) in [5, 5.41) is 1.20. The van der Waals surface area contributed by atoms with Gasteiger partial charge in [0.05, 0.1) is 19.3 Å². The van der Waals surface area contributed by atoms with Gasteiger partial charge in [-0.3, -0.25) is 0 Å². The van der Waals surface area contributed by atoms with Crippen LogP contribution in [0.4, 0.5) is 15.8 Å². The molecule has 2 aromatic heterocycles. The highest BCUT2D eigenvalue weighted by atomic mass is 19.1. The van der Waals surface area contributed by atoms with Crippen molar-refractivity contribution in [1.29, 1.82) is 0 Å². The standard InChI is InChI=1S/C22H25FN4O/c23-17-3-1-4-18(15-17)26-9-2-5-19(16-26)27-10-7-20-21(6-8-24-22(20)27)25-11-13-28-14-12-25/h1,3-4,6-8,10,15,19H,2,5,9,11-14,16H2/t19-/m1/s1. The lowest BCUT2D eigenvalue weighted by molar-refractivity contribution is 0.123. The Labute approximate surface area is 164 Å². The van der Waals surface area contributed by atoms with E-state index in [1.165, 1.54) is 17.1 Å². The number of morpholine rings is 1. The maximum atomic E-state index is 13.7. The Morgan fingerprint density at radius 2 is 1.93 bits per heavy atom. The summed E-state index contributed by atoms with van der Waals surface area (Å²) in [4.78, 5) is 9.38. The van der Waals surface area contributed by atoms with Crippen LogP contribution in [0.5, 0.6) is 0 Å². The Morgan fingerprint density at radius 3 is 2.79 bits per heavy atom. The molecule has 2 saturated heterocycles. The first-order valence-electron chi connectivity index (χ1n) is 10.1. The number of halogens is 1. The molecule has 6 heteroatoms. The van der Waals surface area contributed by atoms with E-state index in [0.717, 1.165) is 63.6 Å². The van der Waals surface area contributed by atoms with Crippen LogP contribution < -0.4 is 9.80 Å². The number of fused-ring (bicyclic) bond motifs is 1. The van der Waals surface area contributed by atoms with E-state index in [1.807, 2.05) is 12.3 Å². The summed E-state index contributed by atoms with van der Waals surface area (Å²) in [6, 6.07) is 11.5. The van der Waals surface area contributed by atoms with E-state index < -0.39 is 0 Å². The van der Waals surface area contributed by atoms with Crippen molar-refractivity contribution in [2.45, 2.75) is 18.9 Å². The van der Waals surface area contributed by atoms with Gasteiger partial charge in [0.15, 0.2) is 0 Å². The maximum Gasteiger partial charge on any atom is 0.142 e. The molecule has 0 spiro atoms. The van der Waals surface area contributed by atoms with Crippen molar-refractivity contribution in [2.75, 3.05) is 49.2 Å². The Balaban J connectivity index is 1.44. The lowest BCUT2D eigenvalue weighted by Gasteiger charge is -2.35. The number of nitrogens with zero attached hydrogens (tertiary/aromatic N) is 4. The lowest BCUT2D eigenvalue weighted by Crippen LogP contribution is -2.37. The summed E-state index contributed by atoms with van der Waals surface area (Å²) in [7, 11) is 0. The second kappa shape index (κ2) is 7.43. The number of piperidine rings is 1. The molecule has 3 aromatic rings. The van der Waals surface area contributed by atoms with Crippen molar-refractivity contribution in [3.8, 4) is 0 Å². The number of rotatable bonds is 3. The van der Waals surface area contributed by atoms with Crippen LogP contribution in [0.15, 0.2) is 48.8 Å². The molecule has 4 heterocycles. The summed E-state index contributed by atoms with van der Waals surface area (Å²) in [5.41, 5.74) is 3.24. The molecule has 1 aromatic carbocycles. The molecule has 1 atom stereocenters. The van der Waals surface area contributed by atoms with Crippen molar-refractivity contribution in [1.82, 2.24) is 9.55 Å². The summed E-state index contributed by atoms with van der Waals surface area (Å²) in [5.74, 6) is -0.178. The van der Waals surface area contributed by atoms with Gasteiger partial charge in [0.2, 0.25) is 0 Å². The normalized spacial score (nSPS) is 20.7. The van der Waals surface area contributed by atoms with Crippen LogP contribution >= 0.6 is 0 Å². The molecular weight excluding hydrogens is 355 g/mol. The molecule has 5 rings (SSSR count). The monoisotopic (exact) mass is 380 g/mol. The van der Waals surface area contributed by atoms with Crippen molar-refractivity contribution >= 4 is 22.4 Å². The van der Waals surface area contributed by atoms with E-state index in [-0.39, 0.29) is 5.82 Å². The van der Waals surface area contributed by atoms with E-state index in [9.17, 15) is 4.39 Å². The number of ether oxygens (including phenoxy) is 1.